The number of hydrogen-bond donors (Lipinski definition) is 1. The van der Waals surface area contributed by atoms with Crippen LogP contribution in [0.5, 0.6) is 0 Å². The van der Waals surface area contributed by atoms with Gasteiger partial charge in [0.25, 0.3) is 0 Å². The van der Waals surface area contributed by atoms with Gasteiger partial charge >= 0.3 is 0 Å². The average molecular weight is 213 g/mol. The fourth-order valence-electron chi connectivity index (χ4n) is 2.58. The highest BCUT2D eigenvalue weighted by atomic mass is 15.2. The summed E-state index contributed by atoms with van der Waals surface area (Å²) in [6.07, 6.45) is 6.25. The number of benzene rings is 1. The van der Waals surface area contributed by atoms with Crippen LogP contribution in [0.2, 0.25) is 0 Å². The highest BCUT2D eigenvalue weighted by Crippen LogP contribution is 2.35. The van der Waals surface area contributed by atoms with E-state index in [4.69, 9.17) is 0 Å². The molecule has 0 radical (unpaired) electrons. The van der Waals surface area contributed by atoms with Gasteiger partial charge in [0.15, 0.2) is 0 Å². The first-order valence-corrected chi connectivity index (χ1v) is 5.68. The first-order chi connectivity index (χ1) is 7.90. The molecule has 0 bridgehead atoms. The fourth-order valence-corrected chi connectivity index (χ4v) is 2.58. The van der Waals surface area contributed by atoms with Gasteiger partial charge < -0.3 is 9.88 Å². The number of aromatic nitrogens is 2. The minimum Gasteiger partial charge on any atom is -0.359 e. The van der Waals surface area contributed by atoms with E-state index in [0.717, 1.165) is 5.95 Å². The number of nitrogens with one attached hydrogen (secondary N) is 1. The van der Waals surface area contributed by atoms with Crippen LogP contribution in [0.4, 0.5) is 5.95 Å². The van der Waals surface area contributed by atoms with Crippen LogP contribution in [0.1, 0.15) is 23.6 Å². The number of fused-ring (bicyclic) bond motifs is 1. The van der Waals surface area contributed by atoms with E-state index in [9.17, 15) is 0 Å². The maximum absolute atomic E-state index is 4.30. The third-order valence-corrected chi connectivity index (χ3v) is 3.33. The molecule has 0 spiro atoms. The van der Waals surface area contributed by atoms with Crippen molar-refractivity contribution in [2.75, 3.05) is 12.4 Å². The van der Waals surface area contributed by atoms with E-state index < -0.39 is 0 Å². The smallest absolute Gasteiger partial charge is 0.203 e. The Labute approximate surface area is 95.1 Å². The number of rotatable bonds is 2. The van der Waals surface area contributed by atoms with E-state index in [1.165, 1.54) is 24.0 Å². The van der Waals surface area contributed by atoms with Gasteiger partial charge in [-0.1, -0.05) is 24.3 Å². The molecule has 82 valence electrons. The predicted molar refractivity (Wildman–Crippen MR) is 64.7 cm³/mol. The summed E-state index contributed by atoms with van der Waals surface area (Å²) >= 11 is 0. The fraction of sp³-hybridized carbons (Fsp3) is 0.308. The Morgan fingerprint density at radius 3 is 3.12 bits per heavy atom. The Hall–Kier alpha value is -1.77. The van der Waals surface area contributed by atoms with Crippen LogP contribution in [-0.2, 0) is 6.42 Å². The normalized spacial score (nSPS) is 18.4. The van der Waals surface area contributed by atoms with Crippen LogP contribution in [0.15, 0.2) is 36.7 Å². The second-order valence-electron chi connectivity index (χ2n) is 4.16. The lowest BCUT2D eigenvalue weighted by molar-refractivity contribution is 0.586. The molecule has 2 aromatic rings. The van der Waals surface area contributed by atoms with E-state index in [2.05, 4.69) is 45.3 Å². The van der Waals surface area contributed by atoms with Crippen molar-refractivity contribution in [2.45, 2.75) is 18.9 Å². The molecule has 1 aromatic heterocycles. The van der Waals surface area contributed by atoms with Gasteiger partial charge in [0, 0.05) is 19.4 Å². The van der Waals surface area contributed by atoms with Crippen molar-refractivity contribution < 1.29 is 0 Å². The van der Waals surface area contributed by atoms with Gasteiger partial charge in [-0.3, -0.25) is 0 Å². The van der Waals surface area contributed by atoms with Crippen LogP contribution < -0.4 is 5.32 Å². The Balaban J connectivity index is 2.04. The lowest BCUT2D eigenvalue weighted by atomic mass is 10.1. The monoisotopic (exact) mass is 213 g/mol. The molecule has 1 aromatic carbocycles. The molecule has 3 heteroatoms. The molecule has 0 amide bonds. The zero-order valence-electron chi connectivity index (χ0n) is 9.35. The van der Waals surface area contributed by atoms with Crippen LogP contribution in [0, 0.1) is 0 Å². The van der Waals surface area contributed by atoms with Crippen LogP contribution >= 0.6 is 0 Å². The van der Waals surface area contributed by atoms with Gasteiger partial charge in [-0.25, -0.2) is 4.98 Å². The van der Waals surface area contributed by atoms with Gasteiger partial charge in [-0.2, -0.15) is 0 Å². The summed E-state index contributed by atoms with van der Waals surface area (Å²) in [5.74, 6) is 0.946. The van der Waals surface area contributed by atoms with Crippen molar-refractivity contribution in [3.8, 4) is 0 Å². The van der Waals surface area contributed by atoms with Gasteiger partial charge in [0.05, 0.1) is 6.04 Å². The highest BCUT2D eigenvalue weighted by molar-refractivity contribution is 5.38. The molecule has 0 aliphatic heterocycles. The molecule has 3 nitrogen and oxygen atoms in total. The number of aryl methyl sites for hydroxylation is 1. The van der Waals surface area contributed by atoms with Crippen molar-refractivity contribution in [3.63, 3.8) is 0 Å². The summed E-state index contributed by atoms with van der Waals surface area (Å²) in [7, 11) is 1.92. The summed E-state index contributed by atoms with van der Waals surface area (Å²) in [5, 5.41) is 3.14. The number of anilines is 1. The Morgan fingerprint density at radius 1 is 1.38 bits per heavy atom. The lowest BCUT2D eigenvalue weighted by Crippen LogP contribution is -2.09. The van der Waals surface area contributed by atoms with E-state index in [1.807, 2.05) is 13.2 Å². The number of hydrogen-bond acceptors (Lipinski definition) is 2. The lowest BCUT2D eigenvalue weighted by Gasteiger charge is -2.16. The summed E-state index contributed by atoms with van der Waals surface area (Å²) < 4.78 is 2.23. The van der Waals surface area contributed by atoms with Crippen LogP contribution in [0.3, 0.4) is 0 Å². The molecule has 1 unspecified atom stereocenters. The van der Waals surface area contributed by atoms with Gasteiger partial charge in [-0.15, -0.1) is 0 Å². The maximum atomic E-state index is 4.30. The summed E-state index contributed by atoms with van der Waals surface area (Å²) in [6.45, 7) is 0. The largest absolute Gasteiger partial charge is 0.359 e. The molecule has 1 aliphatic rings. The predicted octanol–water partition coefficient (Wildman–Crippen LogP) is 2.46. The molecule has 1 heterocycles. The van der Waals surface area contributed by atoms with Crippen molar-refractivity contribution in [1.29, 1.82) is 0 Å². The molecule has 1 N–H and O–H groups in total. The van der Waals surface area contributed by atoms with E-state index in [1.54, 1.807) is 0 Å². The topological polar surface area (TPSA) is 29.9 Å². The summed E-state index contributed by atoms with van der Waals surface area (Å²) in [5.41, 5.74) is 2.92. The van der Waals surface area contributed by atoms with Gasteiger partial charge in [0.2, 0.25) is 5.95 Å². The zero-order valence-corrected chi connectivity index (χ0v) is 9.35. The van der Waals surface area contributed by atoms with Crippen molar-refractivity contribution in [2.24, 2.45) is 0 Å². The van der Waals surface area contributed by atoms with Crippen molar-refractivity contribution >= 4 is 5.95 Å². The third kappa shape index (κ3) is 1.32. The van der Waals surface area contributed by atoms with Gasteiger partial charge in [0.1, 0.15) is 0 Å². The quantitative estimate of drug-likeness (QED) is 0.830. The van der Waals surface area contributed by atoms with Crippen molar-refractivity contribution in [1.82, 2.24) is 9.55 Å². The van der Waals surface area contributed by atoms with E-state index in [-0.39, 0.29) is 0 Å². The average Bonchev–Trinajstić information content (AvgIpc) is 2.94. The second kappa shape index (κ2) is 3.67. The Kier molecular flexibility index (Phi) is 2.17. The maximum Gasteiger partial charge on any atom is 0.203 e. The van der Waals surface area contributed by atoms with Gasteiger partial charge in [-0.05, 0) is 24.0 Å². The molecule has 0 saturated heterocycles. The van der Waals surface area contributed by atoms with E-state index in [0.29, 0.717) is 6.04 Å². The number of nitrogens with zero attached hydrogens (tertiary/aromatic N) is 2. The Bertz CT molecular complexity index is 501. The molecule has 1 atom stereocenters. The van der Waals surface area contributed by atoms with Crippen molar-refractivity contribution in [3.05, 3.63) is 47.8 Å². The molecule has 0 fully saturated rings. The minimum atomic E-state index is 0.446. The summed E-state index contributed by atoms with van der Waals surface area (Å²) in [4.78, 5) is 4.30. The number of imidazole rings is 1. The highest BCUT2D eigenvalue weighted by Gasteiger charge is 2.24. The zero-order chi connectivity index (χ0) is 11.0. The molecule has 3 rings (SSSR count). The first-order valence-electron chi connectivity index (χ1n) is 5.68. The minimum absolute atomic E-state index is 0.446. The molecule has 1 aliphatic carbocycles. The standard InChI is InChI=1S/C13H15N3/c1-14-13-15-8-9-16(13)12-7-6-10-4-2-3-5-11(10)12/h2-5,8-9,12H,6-7H2,1H3,(H,14,15). The first kappa shape index (κ1) is 9.46. The molecule has 16 heavy (non-hydrogen) atoms. The Morgan fingerprint density at radius 2 is 2.25 bits per heavy atom. The third-order valence-electron chi connectivity index (χ3n) is 3.33. The van der Waals surface area contributed by atoms with Crippen LogP contribution in [-0.4, -0.2) is 16.6 Å². The summed E-state index contributed by atoms with van der Waals surface area (Å²) in [6, 6.07) is 9.14. The SMILES string of the molecule is CNc1nccn1C1CCc2ccccc21. The second-order valence-corrected chi connectivity index (χ2v) is 4.16. The molecular weight excluding hydrogens is 198 g/mol. The molecule has 0 saturated carbocycles. The van der Waals surface area contributed by atoms with E-state index >= 15 is 0 Å². The van der Waals surface area contributed by atoms with Crippen LogP contribution in [0.25, 0.3) is 0 Å². The molecular formula is C13H15N3.